The molecule has 1 saturated heterocycles. The van der Waals surface area contributed by atoms with Crippen LogP contribution in [0.5, 0.6) is 0 Å². The summed E-state index contributed by atoms with van der Waals surface area (Å²) < 4.78 is 27.0. The number of sulfonamides is 1. The number of halogens is 2. The van der Waals surface area contributed by atoms with Crippen LogP contribution in [-0.4, -0.2) is 49.7 Å². The van der Waals surface area contributed by atoms with Gasteiger partial charge in [-0.1, -0.05) is 35.4 Å². The van der Waals surface area contributed by atoms with Crippen LogP contribution in [0.2, 0.25) is 10.0 Å². The molecule has 8 heteroatoms. The summed E-state index contributed by atoms with van der Waals surface area (Å²) in [6.45, 7) is 1.33. The molecule has 25 heavy (non-hydrogen) atoms. The Morgan fingerprint density at radius 2 is 1.80 bits per heavy atom. The van der Waals surface area contributed by atoms with Gasteiger partial charge in [0.25, 0.3) is 0 Å². The Morgan fingerprint density at radius 3 is 2.44 bits per heavy atom. The van der Waals surface area contributed by atoms with E-state index >= 15 is 0 Å². The zero-order chi connectivity index (χ0) is 18.0. The fourth-order valence-electron chi connectivity index (χ4n) is 3.24. The number of hydrogen-bond acceptors (Lipinski definition) is 3. The molecule has 2 aliphatic rings. The third kappa shape index (κ3) is 4.03. The van der Waals surface area contributed by atoms with Crippen LogP contribution in [0.1, 0.15) is 19.3 Å². The van der Waals surface area contributed by atoms with E-state index in [1.807, 2.05) is 6.08 Å². The molecule has 1 amide bonds. The maximum Gasteiger partial charge on any atom is 0.244 e. The van der Waals surface area contributed by atoms with Gasteiger partial charge in [-0.2, -0.15) is 4.31 Å². The van der Waals surface area contributed by atoms with Crippen LogP contribution >= 0.6 is 23.2 Å². The van der Waals surface area contributed by atoms with Crippen LogP contribution in [0.25, 0.3) is 0 Å². The molecule has 1 aliphatic heterocycles. The molecule has 0 radical (unpaired) electrons. The monoisotopic (exact) mass is 402 g/mol. The molecule has 1 aromatic carbocycles. The van der Waals surface area contributed by atoms with Crippen molar-refractivity contribution in [2.24, 2.45) is 5.92 Å². The van der Waals surface area contributed by atoms with E-state index in [-0.39, 0.29) is 34.8 Å². The third-order valence-corrected chi connectivity index (χ3v) is 7.29. The van der Waals surface area contributed by atoms with E-state index in [2.05, 4.69) is 6.08 Å². The van der Waals surface area contributed by atoms with E-state index in [1.165, 1.54) is 16.4 Å². The molecule has 0 saturated carbocycles. The maximum absolute atomic E-state index is 12.8. The topological polar surface area (TPSA) is 57.7 Å². The smallest absolute Gasteiger partial charge is 0.244 e. The number of nitrogens with zero attached hydrogens (tertiary/aromatic N) is 2. The molecule has 1 aromatic rings. The summed E-state index contributed by atoms with van der Waals surface area (Å²) in [4.78, 5) is 14.3. The number of rotatable bonds is 3. The summed E-state index contributed by atoms with van der Waals surface area (Å²) >= 11 is 12.0. The predicted molar refractivity (Wildman–Crippen MR) is 98.3 cm³/mol. The maximum atomic E-state index is 12.8. The van der Waals surface area contributed by atoms with Gasteiger partial charge in [0.15, 0.2) is 0 Å². The molecule has 3 rings (SSSR count). The molecule has 1 fully saturated rings. The van der Waals surface area contributed by atoms with Gasteiger partial charge in [0.2, 0.25) is 15.9 Å². The van der Waals surface area contributed by atoms with Crippen LogP contribution in [0.15, 0.2) is 35.2 Å². The van der Waals surface area contributed by atoms with Crippen LogP contribution in [0.3, 0.4) is 0 Å². The highest BCUT2D eigenvalue weighted by Gasteiger charge is 2.33. The normalized spacial score (nSPS) is 22.2. The van der Waals surface area contributed by atoms with Crippen LogP contribution < -0.4 is 0 Å². The number of benzene rings is 1. The SMILES string of the molecule is O=C(C1CC=CCC1)N1CCN(S(=O)(=O)c2cc(Cl)ccc2Cl)CC1. The van der Waals surface area contributed by atoms with E-state index < -0.39 is 10.0 Å². The van der Waals surface area contributed by atoms with Crippen molar-refractivity contribution in [3.05, 3.63) is 40.4 Å². The summed E-state index contributed by atoms with van der Waals surface area (Å²) in [6, 6.07) is 4.40. The van der Waals surface area contributed by atoms with E-state index in [1.54, 1.807) is 11.0 Å². The van der Waals surface area contributed by atoms with Gasteiger partial charge in [-0.3, -0.25) is 4.79 Å². The average Bonchev–Trinajstić information content (AvgIpc) is 2.64. The molecule has 1 aliphatic carbocycles. The number of piperazine rings is 1. The van der Waals surface area contributed by atoms with Gasteiger partial charge in [-0.25, -0.2) is 8.42 Å². The Hall–Kier alpha value is -1.08. The molecule has 136 valence electrons. The van der Waals surface area contributed by atoms with Gasteiger partial charge >= 0.3 is 0 Å². The van der Waals surface area contributed by atoms with Gasteiger partial charge in [-0.05, 0) is 37.5 Å². The third-order valence-electron chi connectivity index (χ3n) is 4.68. The van der Waals surface area contributed by atoms with Gasteiger partial charge in [-0.15, -0.1) is 0 Å². The van der Waals surface area contributed by atoms with Crippen molar-refractivity contribution >= 4 is 39.1 Å². The molecule has 1 heterocycles. The molecule has 1 atom stereocenters. The van der Waals surface area contributed by atoms with Crippen LogP contribution in [0, 0.1) is 5.92 Å². The zero-order valence-electron chi connectivity index (χ0n) is 13.7. The lowest BCUT2D eigenvalue weighted by molar-refractivity contribution is -0.137. The van der Waals surface area contributed by atoms with Crippen molar-refractivity contribution in [2.45, 2.75) is 24.2 Å². The van der Waals surface area contributed by atoms with Gasteiger partial charge in [0, 0.05) is 37.1 Å². The highest BCUT2D eigenvalue weighted by Crippen LogP contribution is 2.29. The number of amides is 1. The second-order valence-electron chi connectivity index (χ2n) is 6.29. The lowest BCUT2D eigenvalue weighted by Gasteiger charge is -2.36. The van der Waals surface area contributed by atoms with E-state index in [0.717, 1.165) is 19.3 Å². The van der Waals surface area contributed by atoms with E-state index in [4.69, 9.17) is 23.2 Å². The van der Waals surface area contributed by atoms with Crippen LogP contribution in [0.4, 0.5) is 0 Å². The molecule has 5 nitrogen and oxygen atoms in total. The highest BCUT2D eigenvalue weighted by atomic mass is 35.5. The predicted octanol–water partition coefficient (Wildman–Crippen LogP) is 3.18. The lowest BCUT2D eigenvalue weighted by Crippen LogP contribution is -2.52. The fraction of sp³-hybridized carbons (Fsp3) is 0.471. The first-order valence-electron chi connectivity index (χ1n) is 8.28. The first-order chi connectivity index (χ1) is 11.9. The summed E-state index contributed by atoms with van der Waals surface area (Å²) in [6.07, 6.45) is 6.72. The highest BCUT2D eigenvalue weighted by molar-refractivity contribution is 7.89. The second kappa shape index (κ2) is 7.66. The van der Waals surface area contributed by atoms with E-state index in [0.29, 0.717) is 18.1 Å². The number of carbonyl (C=O) groups is 1. The molecule has 0 aromatic heterocycles. The molecule has 1 unspecified atom stereocenters. The largest absolute Gasteiger partial charge is 0.340 e. The average molecular weight is 403 g/mol. The second-order valence-corrected chi connectivity index (χ2v) is 9.04. The van der Waals surface area contributed by atoms with Crippen molar-refractivity contribution in [3.63, 3.8) is 0 Å². The Morgan fingerprint density at radius 1 is 1.08 bits per heavy atom. The summed E-state index contributed by atoms with van der Waals surface area (Å²) in [5.41, 5.74) is 0. The van der Waals surface area contributed by atoms with Crippen molar-refractivity contribution in [3.8, 4) is 0 Å². The molecule has 0 spiro atoms. The minimum atomic E-state index is -3.72. The van der Waals surface area contributed by atoms with Crippen molar-refractivity contribution in [1.29, 1.82) is 0 Å². The van der Waals surface area contributed by atoms with Crippen molar-refractivity contribution < 1.29 is 13.2 Å². The summed E-state index contributed by atoms with van der Waals surface area (Å²) in [5, 5.41) is 0.471. The number of hydrogen-bond donors (Lipinski definition) is 0. The number of carbonyl (C=O) groups excluding carboxylic acids is 1. The summed E-state index contributed by atoms with van der Waals surface area (Å²) in [5.74, 6) is 0.151. The van der Waals surface area contributed by atoms with Gasteiger partial charge in [0.1, 0.15) is 4.90 Å². The molecular weight excluding hydrogens is 383 g/mol. The Labute approximate surface area is 158 Å². The quantitative estimate of drug-likeness (QED) is 0.729. The molecular formula is C17H20Cl2N2O3S. The Kier molecular flexibility index (Phi) is 5.73. The first-order valence-corrected chi connectivity index (χ1v) is 10.5. The van der Waals surface area contributed by atoms with E-state index in [9.17, 15) is 13.2 Å². The zero-order valence-corrected chi connectivity index (χ0v) is 16.0. The van der Waals surface area contributed by atoms with Gasteiger partial charge in [0.05, 0.1) is 5.02 Å². The molecule has 0 N–H and O–H groups in total. The first kappa shape index (κ1) is 18.7. The Balaban J connectivity index is 1.68. The minimum absolute atomic E-state index is 0.0128. The minimum Gasteiger partial charge on any atom is -0.340 e. The fourth-order valence-corrected chi connectivity index (χ4v) is 5.40. The standard InChI is InChI=1S/C17H20Cl2N2O3S/c18-14-6-7-15(19)16(12-14)25(23,24)21-10-8-20(9-11-21)17(22)13-4-2-1-3-5-13/h1-2,6-7,12-13H,3-5,8-11H2. The van der Waals surface area contributed by atoms with Crippen LogP contribution in [-0.2, 0) is 14.8 Å². The molecule has 0 bridgehead atoms. The van der Waals surface area contributed by atoms with Crippen molar-refractivity contribution in [2.75, 3.05) is 26.2 Å². The Bertz CT molecular complexity index is 787. The lowest BCUT2D eigenvalue weighted by atomic mass is 9.93. The number of allylic oxidation sites excluding steroid dienone is 2. The van der Waals surface area contributed by atoms with Gasteiger partial charge < -0.3 is 4.90 Å². The van der Waals surface area contributed by atoms with Crippen molar-refractivity contribution in [1.82, 2.24) is 9.21 Å². The summed E-state index contributed by atoms with van der Waals surface area (Å²) in [7, 11) is -3.72.